The van der Waals surface area contributed by atoms with Crippen LogP contribution < -0.4 is 10.2 Å². The second-order valence-corrected chi connectivity index (χ2v) is 9.06. The number of anilines is 1. The van der Waals surface area contributed by atoms with E-state index in [0.717, 1.165) is 31.6 Å². The van der Waals surface area contributed by atoms with Gasteiger partial charge < -0.3 is 0 Å². The van der Waals surface area contributed by atoms with Crippen molar-refractivity contribution < 1.29 is 14.4 Å². The van der Waals surface area contributed by atoms with Crippen LogP contribution in [-0.4, -0.2) is 17.8 Å². The molecule has 7 heteroatoms. The number of imide groups is 2. The Hall–Kier alpha value is -3.22. The number of halogens is 2. The van der Waals surface area contributed by atoms with Gasteiger partial charge >= 0.3 is 6.03 Å². The van der Waals surface area contributed by atoms with Crippen molar-refractivity contribution >= 4 is 57.1 Å². The van der Waals surface area contributed by atoms with E-state index in [4.69, 9.17) is 11.6 Å². The second-order valence-electron chi connectivity index (χ2n) is 7.80. The number of benzene rings is 3. The molecule has 1 saturated heterocycles. The number of rotatable bonds is 4. The summed E-state index contributed by atoms with van der Waals surface area (Å²) in [5.41, 5.74) is 4.62. The molecule has 166 valence electrons. The Labute approximate surface area is 205 Å². The number of carbonyl (C=O) groups excluding carboxylic acids is 3. The van der Waals surface area contributed by atoms with Crippen LogP contribution in [0.2, 0.25) is 5.02 Å². The van der Waals surface area contributed by atoms with Gasteiger partial charge in [0.25, 0.3) is 11.8 Å². The molecule has 0 radical (unpaired) electrons. The fraction of sp³-hybridized carbons (Fsp3) is 0.115. The summed E-state index contributed by atoms with van der Waals surface area (Å²) in [5, 5.41) is 2.78. The first kappa shape index (κ1) is 23.0. The van der Waals surface area contributed by atoms with E-state index < -0.39 is 17.8 Å². The molecular weight excluding hydrogens is 504 g/mol. The first-order valence-corrected chi connectivity index (χ1v) is 11.4. The number of amides is 4. The van der Waals surface area contributed by atoms with E-state index in [9.17, 15) is 14.4 Å². The van der Waals surface area contributed by atoms with Crippen molar-refractivity contribution in [1.82, 2.24) is 5.32 Å². The second kappa shape index (κ2) is 9.33. The van der Waals surface area contributed by atoms with Crippen LogP contribution in [0, 0.1) is 13.8 Å². The van der Waals surface area contributed by atoms with Gasteiger partial charge in [-0.3, -0.25) is 14.9 Å². The molecule has 3 aromatic carbocycles. The molecule has 33 heavy (non-hydrogen) atoms. The molecule has 4 rings (SSSR count). The molecule has 0 bridgehead atoms. The van der Waals surface area contributed by atoms with Crippen LogP contribution in [-0.2, 0) is 16.0 Å². The van der Waals surface area contributed by atoms with Crippen LogP contribution in [0.3, 0.4) is 0 Å². The minimum atomic E-state index is -0.766. The number of barbiturate groups is 1. The summed E-state index contributed by atoms with van der Waals surface area (Å²) in [6, 6.07) is 17.8. The minimum Gasteiger partial charge on any atom is -0.273 e. The van der Waals surface area contributed by atoms with Crippen LogP contribution in [0.1, 0.15) is 27.8 Å². The van der Waals surface area contributed by atoms with Gasteiger partial charge in [-0.25, -0.2) is 9.69 Å². The molecular formula is C26H20BrClN2O3. The van der Waals surface area contributed by atoms with Gasteiger partial charge in [0, 0.05) is 15.9 Å². The van der Waals surface area contributed by atoms with E-state index in [0.29, 0.717) is 22.7 Å². The molecule has 1 N–H and O–H groups in total. The molecule has 3 aromatic rings. The highest BCUT2D eigenvalue weighted by Gasteiger charge is 2.37. The lowest BCUT2D eigenvalue weighted by Crippen LogP contribution is -2.54. The van der Waals surface area contributed by atoms with E-state index in [2.05, 4.69) is 21.2 Å². The van der Waals surface area contributed by atoms with E-state index in [-0.39, 0.29) is 5.57 Å². The van der Waals surface area contributed by atoms with E-state index >= 15 is 0 Å². The van der Waals surface area contributed by atoms with Crippen molar-refractivity contribution in [3.05, 3.63) is 104 Å². The predicted octanol–water partition coefficient (Wildman–Crippen LogP) is 5.98. The highest BCUT2D eigenvalue weighted by atomic mass is 79.9. The zero-order chi connectivity index (χ0) is 23.7. The Morgan fingerprint density at radius 3 is 2.45 bits per heavy atom. The number of hydrogen-bond donors (Lipinski definition) is 1. The largest absolute Gasteiger partial charge is 0.335 e. The van der Waals surface area contributed by atoms with Gasteiger partial charge in [-0.05, 0) is 65.9 Å². The van der Waals surface area contributed by atoms with E-state index in [1.807, 2.05) is 50.2 Å². The van der Waals surface area contributed by atoms with Crippen LogP contribution in [0.4, 0.5) is 10.5 Å². The standard InChI is InChI=1S/C26H20BrClN2O3/c1-15-6-5-9-23(16(15)2)30-25(32)20(24(31)29-26(30)33)12-17-10-11-19(22(28)13-17)14-18-7-3-4-8-21(18)27/h3-13H,14H2,1-2H3,(H,29,31,33)/b20-12+. The maximum atomic E-state index is 13.2. The summed E-state index contributed by atoms with van der Waals surface area (Å²) in [5.74, 6) is -1.41. The monoisotopic (exact) mass is 522 g/mol. The van der Waals surface area contributed by atoms with Crippen molar-refractivity contribution in [2.24, 2.45) is 0 Å². The lowest BCUT2D eigenvalue weighted by atomic mass is 10.0. The van der Waals surface area contributed by atoms with Gasteiger partial charge in [0.1, 0.15) is 5.57 Å². The maximum Gasteiger partial charge on any atom is 0.335 e. The van der Waals surface area contributed by atoms with Gasteiger partial charge in [-0.15, -0.1) is 0 Å². The van der Waals surface area contributed by atoms with Crippen molar-refractivity contribution in [3.63, 3.8) is 0 Å². The Morgan fingerprint density at radius 1 is 0.970 bits per heavy atom. The Kier molecular flexibility index (Phi) is 6.49. The molecule has 0 aliphatic carbocycles. The lowest BCUT2D eigenvalue weighted by Gasteiger charge is -2.28. The summed E-state index contributed by atoms with van der Waals surface area (Å²) in [6.45, 7) is 3.72. The first-order chi connectivity index (χ1) is 15.8. The smallest absolute Gasteiger partial charge is 0.273 e. The van der Waals surface area contributed by atoms with Gasteiger partial charge in [-0.2, -0.15) is 0 Å². The summed E-state index contributed by atoms with van der Waals surface area (Å²) in [4.78, 5) is 39.2. The number of nitrogens with one attached hydrogen (secondary N) is 1. The zero-order valence-electron chi connectivity index (χ0n) is 18.0. The Balaban J connectivity index is 1.66. The molecule has 5 nitrogen and oxygen atoms in total. The fourth-order valence-electron chi connectivity index (χ4n) is 3.66. The highest BCUT2D eigenvalue weighted by molar-refractivity contribution is 9.10. The minimum absolute atomic E-state index is 0.134. The Morgan fingerprint density at radius 2 is 1.73 bits per heavy atom. The molecule has 0 aromatic heterocycles. The number of carbonyl (C=O) groups is 3. The summed E-state index contributed by atoms with van der Waals surface area (Å²) >= 11 is 10.1. The molecule has 0 atom stereocenters. The van der Waals surface area contributed by atoms with Crippen LogP contribution in [0.15, 0.2) is 70.7 Å². The molecule has 1 heterocycles. The van der Waals surface area contributed by atoms with Crippen molar-refractivity contribution in [2.75, 3.05) is 4.90 Å². The summed E-state index contributed by atoms with van der Waals surface area (Å²) < 4.78 is 0.993. The van der Waals surface area contributed by atoms with Crippen molar-refractivity contribution in [3.8, 4) is 0 Å². The van der Waals surface area contributed by atoms with Gasteiger partial charge in [0.2, 0.25) is 0 Å². The lowest BCUT2D eigenvalue weighted by molar-refractivity contribution is -0.122. The third-order valence-corrected chi connectivity index (χ3v) is 6.77. The zero-order valence-corrected chi connectivity index (χ0v) is 20.3. The van der Waals surface area contributed by atoms with Crippen molar-refractivity contribution in [1.29, 1.82) is 0 Å². The van der Waals surface area contributed by atoms with Crippen LogP contribution >= 0.6 is 27.5 Å². The third-order valence-electron chi connectivity index (χ3n) is 5.65. The normalized spacial score (nSPS) is 15.2. The van der Waals surface area contributed by atoms with E-state index in [1.165, 1.54) is 6.08 Å². The summed E-state index contributed by atoms with van der Waals surface area (Å²) in [6.07, 6.45) is 2.09. The molecule has 0 spiro atoms. The average Bonchev–Trinajstić information content (AvgIpc) is 2.77. The fourth-order valence-corrected chi connectivity index (χ4v) is 4.35. The van der Waals surface area contributed by atoms with Gasteiger partial charge in [0.15, 0.2) is 0 Å². The third kappa shape index (κ3) is 4.63. The SMILES string of the molecule is Cc1cccc(N2C(=O)NC(=O)/C(=C\c3ccc(Cc4ccccc4Br)c(Cl)c3)C2=O)c1C. The summed E-state index contributed by atoms with van der Waals surface area (Å²) in [7, 11) is 0. The average molecular weight is 524 g/mol. The molecule has 4 amide bonds. The topological polar surface area (TPSA) is 66.5 Å². The highest BCUT2D eigenvalue weighted by Crippen LogP contribution is 2.29. The van der Waals surface area contributed by atoms with Crippen LogP contribution in [0.25, 0.3) is 6.08 Å². The van der Waals surface area contributed by atoms with Gasteiger partial charge in [0.05, 0.1) is 5.69 Å². The molecule has 0 saturated carbocycles. The van der Waals surface area contributed by atoms with Crippen molar-refractivity contribution in [2.45, 2.75) is 20.3 Å². The van der Waals surface area contributed by atoms with Crippen LogP contribution in [0.5, 0.6) is 0 Å². The molecule has 1 fully saturated rings. The predicted molar refractivity (Wildman–Crippen MR) is 133 cm³/mol. The first-order valence-electron chi connectivity index (χ1n) is 10.3. The number of aryl methyl sites for hydroxylation is 1. The van der Waals surface area contributed by atoms with E-state index in [1.54, 1.807) is 24.3 Å². The maximum absolute atomic E-state index is 13.2. The quantitative estimate of drug-likeness (QED) is 0.338. The number of nitrogens with zero attached hydrogens (tertiary/aromatic N) is 1. The molecule has 1 aliphatic heterocycles. The number of hydrogen-bond acceptors (Lipinski definition) is 3. The molecule has 0 unspecified atom stereocenters. The molecule has 1 aliphatic rings. The Bertz CT molecular complexity index is 1330. The number of urea groups is 1. The van der Waals surface area contributed by atoms with Gasteiger partial charge in [-0.1, -0.05) is 70.0 Å².